The first kappa shape index (κ1) is 24.8. The number of halogens is 4. The summed E-state index contributed by atoms with van der Waals surface area (Å²) in [5.74, 6) is -0.571. The van der Waals surface area contributed by atoms with Crippen LogP contribution in [0.4, 0.5) is 0 Å². The summed E-state index contributed by atoms with van der Waals surface area (Å²) in [4.78, 5) is 27.5. The van der Waals surface area contributed by atoms with E-state index in [9.17, 15) is 9.59 Å². The standard InChI is InChI=1S/C22H24Cl4N2O2/c1-13(21(30)27-22(2,3)4)28(12-14-8-9-15(23)10-19(14)26)20(29)11-16-17(24)6-5-7-18(16)25/h5-10,13H,11-12H2,1-4H3,(H,27,30). The van der Waals surface area contributed by atoms with E-state index in [1.54, 1.807) is 43.3 Å². The second-order valence-electron chi connectivity index (χ2n) is 8.05. The summed E-state index contributed by atoms with van der Waals surface area (Å²) < 4.78 is 0. The molecule has 2 aromatic rings. The molecule has 0 radical (unpaired) electrons. The third-order valence-electron chi connectivity index (χ3n) is 4.41. The maximum absolute atomic E-state index is 13.3. The molecule has 2 rings (SSSR count). The monoisotopic (exact) mass is 488 g/mol. The third kappa shape index (κ3) is 6.78. The van der Waals surface area contributed by atoms with E-state index in [-0.39, 0.29) is 24.8 Å². The van der Waals surface area contributed by atoms with Crippen LogP contribution in [-0.4, -0.2) is 28.3 Å². The third-order valence-corrected chi connectivity index (χ3v) is 5.71. The van der Waals surface area contributed by atoms with Gasteiger partial charge in [-0.1, -0.05) is 58.5 Å². The van der Waals surface area contributed by atoms with Gasteiger partial charge in [-0.15, -0.1) is 0 Å². The lowest BCUT2D eigenvalue weighted by Gasteiger charge is -2.32. The molecular weight excluding hydrogens is 466 g/mol. The van der Waals surface area contributed by atoms with Crippen LogP contribution in [0.2, 0.25) is 20.1 Å². The van der Waals surface area contributed by atoms with Crippen LogP contribution in [0.15, 0.2) is 36.4 Å². The average Bonchev–Trinajstić information content (AvgIpc) is 2.62. The molecular formula is C22H24Cl4N2O2. The number of nitrogens with zero attached hydrogens (tertiary/aromatic N) is 1. The average molecular weight is 490 g/mol. The van der Waals surface area contributed by atoms with Gasteiger partial charge in [-0.25, -0.2) is 0 Å². The van der Waals surface area contributed by atoms with Crippen LogP contribution in [0.25, 0.3) is 0 Å². The zero-order valence-corrected chi connectivity index (χ0v) is 20.3. The molecule has 0 saturated carbocycles. The Morgan fingerprint density at radius 1 is 1.00 bits per heavy atom. The number of carbonyl (C=O) groups is 2. The van der Waals surface area contributed by atoms with Crippen LogP contribution in [0, 0.1) is 0 Å². The highest BCUT2D eigenvalue weighted by Crippen LogP contribution is 2.27. The molecule has 0 aromatic heterocycles. The molecule has 30 heavy (non-hydrogen) atoms. The van der Waals surface area contributed by atoms with Gasteiger partial charge in [0.15, 0.2) is 0 Å². The van der Waals surface area contributed by atoms with E-state index in [0.29, 0.717) is 31.2 Å². The maximum Gasteiger partial charge on any atom is 0.242 e. The molecule has 0 bridgehead atoms. The fourth-order valence-electron chi connectivity index (χ4n) is 2.84. The molecule has 2 aromatic carbocycles. The zero-order valence-electron chi connectivity index (χ0n) is 17.2. The Morgan fingerprint density at radius 3 is 2.13 bits per heavy atom. The summed E-state index contributed by atoms with van der Waals surface area (Å²) in [7, 11) is 0. The molecule has 4 nitrogen and oxygen atoms in total. The molecule has 0 aliphatic heterocycles. The van der Waals surface area contributed by atoms with Crippen LogP contribution in [0.1, 0.15) is 38.8 Å². The van der Waals surface area contributed by atoms with Crippen molar-refractivity contribution in [3.8, 4) is 0 Å². The first-order valence-electron chi connectivity index (χ1n) is 9.37. The Morgan fingerprint density at radius 2 is 1.60 bits per heavy atom. The summed E-state index contributed by atoms with van der Waals surface area (Å²) in [5, 5.41) is 4.61. The quantitative estimate of drug-likeness (QED) is 0.527. The maximum atomic E-state index is 13.3. The van der Waals surface area contributed by atoms with Crippen LogP contribution in [-0.2, 0) is 22.6 Å². The Balaban J connectivity index is 2.36. The van der Waals surface area contributed by atoms with Crippen molar-refractivity contribution < 1.29 is 9.59 Å². The number of benzene rings is 2. The Kier molecular flexibility index (Phi) is 8.46. The van der Waals surface area contributed by atoms with Crippen LogP contribution in [0.5, 0.6) is 0 Å². The van der Waals surface area contributed by atoms with Crippen LogP contribution >= 0.6 is 46.4 Å². The summed E-state index contributed by atoms with van der Waals surface area (Å²) >= 11 is 24.8. The van der Waals surface area contributed by atoms with Crippen molar-refractivity contribution in [2.24, 2.45) is 0 Å². The number of amides is 2. The summed E-state index contributed by atoms with van der Waals surface area (Å²) in [6, 6.07) is 9.34. The second kappa shape index (κ2) is 10.2. The molecule has 0 aliphatic carbocycles. The molecule has 8 heteroatoms. The Labute approximate surface area is 197 Å². The largest absolute Gasteiger partial charge is 0.350 e. The van der Waals surface area contributed by atoms with Gasteiger partial charge in [0.2, 0.25) is 11.8 Å². The van der Waals surface area contributed by atoms with Crippen molar-refractivity contribution in [3.05, 3.63) is 67.6 Å². The van der Waals surface area contributed by atoms with Crippen molar-refractivity contribution in [1.82, 2.24) is 10.2 Å². The highest BCUT2D eigenvalue weighted by atomic mass is 35.5. The molecule has 1 atom stereocenters. The van der Waals surface area contributed by atoms with Crippen molar-refractivity contribution in [2.45, 2.75) is 52.2 Å². The predicted octanol–water partition coefficient (Wildman–Crippen LogP) is 6.17. The van der Waals surface area contributed by atoms with E-state index in [2.05, 4.69) is 5.32 Å². The van der Waals surface area contributed by atoms with Crippen molar-refractivity contribution in [2.75, 3.05) is 0 Å². The van der Waals surface area contributed by atoms with Gasteiger partial charge in [-0.05, 0) is 63.1 Å². The molecule has 162 valence electrons. The first-order chi connectivity index (χ1) is 13.9. The van der Waals surface area contributed by atoms with Gasteiger partial charge in [0.05, 0.1) is 6.42 Å². The molecule has 2 amide bonds. The highest BCUT2D eigenvalue weighted by Gasteiger charge is 2.29. The first-order valence-corrected chi connectivity index (χ1v) is 10.9. The highest BCUT2D eigenvalue weighted by molar-refractivity contribution is 6.36. The summed E-state index contributed by atoms with van der Waals surface area (Å²) in [5.41, 5.74) is 0.751. The van der Waals surface area contributed by atoms with Gasteiger partial charge in [0, 0.05) is 32.2 Å². The SMILES string of the molecule is CC(C(=O)NC(C)(C)C)N(Cc1ccc(Cl)cc1Cl)C(=O)Cc1c(Cl)cccc1Cl. The van der Waals surface area contributed by atoms with Gasteiger partial charge in [0.1, 0.15) is 6.04 Å². The number of hydrogen-bond donors (Lipinski definition) is 1. The Bertz CT molecular complexity index is 921. The number of rotatable bonds is 6. The van der Waals surface area contributed by atoms with Gasteiger partial charge < -0.3 is 10.2 Å². The fourth-order valence-corrected chi connectivity index (χ4v) is 3.84. The second-order valence-corrected chi connectivity index (χ2v) is 9.71. The van der Waals surface area contributed by atoms with E-state index in [1.165, 1.54) is 4.90 Å². The van der Waals surface area contributed by atoms with Crippen molar-refractivity contribution in [3.63, 3.8) is 0 Å². The number of carbonyl (C=O) groups excluding carboxylic acids is 2. The van der Waals surface area contributed by atoms with E-state index in [4.69, 9.17) is 46.4 Å². The van der Waals surface area contributed by atoms with Gasteiger partial charge >= 0.3 is 0 Å². The van der Waals surface area contributed by atoms with Crippen LogP contribution < -0.4 is 5.32 Å². The molecule has 0 aliphatic rings. The van der Waals surface area contributed by atoms with Gasteiger partial charge in [0.25, 0.3) is 0 Å². The molecule has 1 N–H and O–H groups in total. The minimum absolute atomic E-state index is 0.0448. The van der Waals surface area contributed by atoms with Gasteiger partial charge in [-0.2, -0.15) is 0 Å². The number of nitrogens with one attached hydrogen (secondary N) is 1. The number of hydrogen-bond acceptors (Lipinski definition) is 2. The van der Waals surface area contributed by atoms with Gasteiger partial charge in [-0.3, -0.25) is 9.59 Å². The molecule has 1 unspecified atom stereocenters. The summed E-state index contributed by atoms with van der Waals surface area (Å²) in [6.07, 6.45) is -0.0448. The molecule has 0 heterocycles. The normalized spacial score (nSPS) is 12.4. The molecule has 0 saturated heterocycles. The van der Waals surface area contributed by atoms with Crippen molar-refractivity contribution >= 4 is 58.2 Å². The fraction of sp³-hybridized carbons (Fsp3) is 0.364. The van der Waals surface area contributed by atoms with E-state index < -0.39 is 11.6 Å². The smallest absolute Gasteiger partial charge is 0.242 e. The van der Waals surface area contributed by atoms with Crippen molar-refractivity contribution in [1.29, 1.82) is 0 Å². The zero-order chi connectivity index (χ0) is 22.6. The Hall–Kier alpha value is -1.46. The van der Waals surface area contributed by atoms with Crippen LogP contribution in [0.3, 0.4) is 0 Å². The van der Waals surface area contributed by atoms with E-state index in [0.717, 1.165) is 0 Å². The van der Waals surface area contributed by atoms with E-state index >= 15 is 0 Å². The lowest BCUT2D eigenvalue weighted by molar-refractivity contribution is -0.140. The lowest BCUT2D eigenvalue weighted by Crippen LogP contribution is -2.52. The minimum Gasteiger partial charge on any atom is -0.350 e. The lowest BCUT2D eigenvalue weighted by atomic mass is 10.1. The minimum atomic E-state index is -0.746. The molecule has 0 spiro atoms. The van der Waals surface area contributed by atoms with E-state index in [1.807, 2.05) is 20.8 Å². The topological polar surface area (TPSA) is 49.4 Å². The predicted molar refractivity (Wildman–Crippen MR) is 125 cm³/mol. The summed E-state index contributed by atoms with van der Waals surface area (Å²) in [6.45, 7) is 7.45. The molecule has 0 fully saturated rings.